The number of ether oxygens (including phenoxy) is 4. The SMILES string of the molecule is Cc1cc(Cl)ccc1OCC(=O)O[C@H](C)C(=O)NCc1ccc2c(c1)OCO2. The summed E-state index contributed by atoms with van der Waals surface area (Å²) in [6.45, 7) is 3.48. The van der Waals surface area contributed by atoms with E-state index in [1.165, 1.54) is 6.92 Å². The quantitative estimate of drug-likeness (QED) is 0.713. The molecule has 0 saturated heterocycles. The number of halogens is 1. The van der Waals surface area contributed by atoms with Crippen molar-refractivity contribution in [3.8, 4) is 17.2 Å². The van der Waals surface area contributed by atoms with E-state index in [0.29, 0.717) is 22.3 Å². The van der Waals surface area contributed by atoms with Crippen molar-refractivity contribution in [2.45, 2.75) is 26.5 Å². The van der Waals surface area contributed by atoms with Crippen molar-refractivity contribution in [1.29, 1.82) is 0 Å². The minimum atomic E-state index is -0.948. The largest absolute Gasteiger partial charge is 0.482 e. The van der Waals surface area contributed by atoms with Gasteiger partial charge in [0.05, 0.1) is 0 Å². The fraction of sp³-hybridized carbons (Fsp3) is 0.300. The Balaban J connectivity index is 1.43. The third kappa shape index (κ3) is 5.07. The van der Waals surface area contributed by atoms with E-state index in [0.717, 1.165) is 11.1 Å². The summed E-state index contributed by atoms with van der Waals surface area (Å²) in [6, 6.07) is 10.5. The van der Waals surface area contributed by atoms with Crippen molar-refractivity contribution >= 4 is 23.5 Å². The Labute approximate surface area is 167 Å². The first-order chi connectivity index (χ1) is 13.4. The number of carbonyl (C=O) groups excluding carboxylic acids is 2. The van der Waals surface area contributed by atoms with Gasteiger partial charge < -0.3 is 24.3 Å². The molecule has 1 N–H and O–H groups in total. The first-order valence-corrected chi connectivity index (χ1v) is 9.05. The zero-order valence-electron chi connectivity index (χ0n) is 15.5. The number of esters is 1. The molecule has 0 fully saturated rings. The van der Waals surface area contributed by atoms with E-state index < -0.39 is 18.0 Å². The topological polar surface area (TPSA) is 83.1 Å². The summed E-state index contributed by atoms with van der Waals surface area (Å²) in [4.78, 5) is 24.1. The molecule has 3 rings (SSSR count). The summed E-state index contributed by atoms with van der Waals surface area (Å²) >= 11 is 5.88. The van der Waals surface area contributed by atoms with Gasteiger partial charge in [-0.15, -0.1) is 0 Å². The van der Waals surface area contributed by atoms with Gasteiger partial charge in [-0.2, -0.15) is 0 Å². The molecule has 7 nitrogen and oxygen atoms in total. The number of amides is 1. The maximum Gasteiger partial charge on any atom is 0.344 e. The van der Waals surface area contributed by atoms with E-state index in [4.69, 9.17) is 30.5 Å². The predicted octanol–water partition coefficient (Wildman–Crippen LogP) is 3.00. The van der Waals surface area contributed by atoms with Gasteiger partial charge in [0.25, 0.3) is 5.91 Å². The molecule has 0 radical (unpaired) electrons. The fourth-order valence-electron chi connectivity index (χ4n) is 2.58. The molecule has 148 valence electrons. The summed E-state index contributed by atoms with van der Waals surface area (Å²) < 4.78 is 21.1. The summed E-state index contributed by atoms with van der Waals surface area (Å²) in [6.07, 6.45) is -0.948. The van der Waals surface area contributed by atoms with E-state index in [1.54, 1.807) is 30.3 Å². The third-order valence-corrected chi connectivity index (χ3v) is 4.30. The molecule has 8 heteroatoms. The molecule has 1 heterocycles. The molecule has 2 aromatic rings. The molecule has 0 unspecified atom stereocenters. The molecule has 0 aliphatic carbocycles. The standard InChI is InChI=1S/C20H20ClNO6/c1-12-7-15(21)4-6-16(12)25-10-19(23)28-13(2)20(24)22-9-14-3-5-17-18(8-14)27-11-26-17/h3-8,13H,9-11H2,1-2H3,(H,22,24)/t13-/m1/s1. The van der Waals surface area contributed by atoms with Crippen LogP contribution in [0.3, 0.4) is 0 Å². The van der Waals surface area contributed by atoms with Crippen LogP contribution >= 0.6 is 11.6 Å². The number of fused-ring (bicyclic) bond motifs is 1. The van der Waals surface area contributed by atoms with Gasteiger partial charge in [-0.3, -0.25) is 4.79 Å². The van der Waals surface area contributed by atoms with Gasteiger partial charge in [0.2, 0.25) is 6.79 Å². The van der Waals surface area contributed by atoms with Crippen LogP contribution in [-0.4, -0.2) is 31.4 Å². The Bertz CT molecular complexity index is 885. The zero-order chi connectivity index (χ0) is 20.1. The van der Waals surface area contributed by atoms with Crippen molar-refractivity contribution in [1.82, 2.24) is 5.32 Å². The van der Waals surface area contributed by atoms with E-state index in [9.17, 15) is 9.59 Å². The van der Waals surface area contributed by atoms with Crippen molar-refractivity contribution in [2.24, 2.45) is 0 Å². The number of hydrogen-bond donors (Lipinski definition) is 1. The van der Waals surface area contributed by atoms with E-state index in [2.05, 4.69) is 5.32 Å². The van der Waals surface area contributed by atoms with Crippen molar-refractivity contribution in [3.05, 3.63) is 52.5 Å². The molecule has 28 heavy (non-hydrogen) atoms. The number of benzene rings is 2. The van der Waals surface area contributed by atoms with Crippen LogP contribution in [0.15, 0.2) is 36.4 Å². The van der Waals surface area contributed by atoms with Crippen LogP contribution in [0.4, 0.5) is 0 Å². The average molecular weight is 406 g/mol. The summed E-state index contributed by atoms with van der Waals surface area (Å²) in [5.41, 5.74) is 1.65. The predicted molar refractivity (Wildman–Crippen MR) is 102 cm³/mol. The number of nitrogens with one attached hydrogen (secondary N) is 1. The van der Waals surface area contributed by atoms with Crippen LogP contribution in [0.1, 0.15) is 18.1 Å². The molecule has 2 aromatic carbocycles. The van der Waals surface area contributed by atoms with Gasteiger partial charge in [-0.1, -0.05) is 17.7 Å². The highest BCUT2D eigenvalue weighted by Crippen LogP contribution is 2.32. The number of aryl methyl sites for hydroxylation is 1. The number of hydrogen-bond acceptors (Lipinski definition) is 6. The van der Waals surface area contributed by atoms with Crippen molar-refractivity contribution in [3.63, 3.8) is 0 Å². The fourth-order valence-corrected chi connectivity index (χ4v) is 2.81. The number of rotatable bonds is 7. The molecule has 0 spiro atoms. The van der Waals surface area contributed by atoms with Gasteiger partial charge in [0, 0.05) is 11.6 Å². The Morgan fingerprint density at radius 3 is 2.75 bits per heavy atom. The Hall–Kier alpha value is -2.93. The third-order valence-electron chi connectivity index (χ3n) is 4.06. The Morgan fingerprint density at radius 2 is 1.96 bits per heavy atom. The second-order valence-corrected chi connectivity index (χ2v) is 6.67. The highest BCUT2D eigenvalue weighted by molar-refractivity contribution is 6.30. The van der Waals surface area contributed by atoms with E-state index >= 15 is 0 Å². The molecule has 1 aliphatic heterocycles. The zero-order valence-corrected chi connectivity index (χ0v) is 16.2. The molecule has 0 aromatic heterocycles. The van der Waals surface area contributed by atoms with Crippen LogP contribution in [0.2, 0.25) is 5.02 Å². The monoisotopic (exact) mass is 405 g/mol. The van der Waals surface area contributed by atoms with Crippen molar-refractivity contribution in [2.75, 3.05) is 13.4 Å². The van der Waals surface area contributed by atoms with E-state index in [1.807, 2.05) is 13.0 Å². The van der Waals surface area contributed by atoms with Crippen LogP contribution in [0.25, 0.3) is 0 Å². The maximum absolute atomic E-state index is 12.2. The summed E-state index contributed by atoms with van der Waals surface area (Å²) in [5, 5.41) is 3.30. The van der Waals surface area contributed by atoms with Gasteiger partial charge in [0.15, 0.2) is 24.2 Å². The molecule has 1 amide bonds. The van der Waals surface area contributed by atoms with Crippen LogP contribution < -0.4 is 19.5 Å². The molecule has 0 saturated carbocycles. The summed E-state index contributed by atoms with van der Waals surface area (Å²) in [7, 11) is 0. The van der Waals surface area contributed by atoms with Gasteiger partial charge >= 0.3 is 5.97 Å². The van der Waals surface area contributed by atoms with Crippen molar-refractivity contribution < 1.29 is 28.5 Å². The molecule has 1 atom stereocenters. The lowest BCUT2D eigenvalue weighted by atomic mass is 10.2. The van der Waals surface area contributed by atoms with Gasteiger partial charge in [-0.25, -0.2) is 4.79 Å². The highest BCUT2D eigenvalue weighted by Gasteiger charge is 2.19. The average Bonchev–Trinajstić information content (AvgIpc) is 3.13. The molecular formula is C20H20ClNO6. The lowest BCUT2D eigenvalue weighted by molar-refractivity contribution is -0.156. The molecule has 1 aliphatic rings. The maximum atomic E-state index is 12.2. The molecular weight excluding hydrogens is 386 g/mol. The smallest absolute Gasteiger partial charge is 0.344 e. The number of carbonyl (C=O) groups is 2. The summed E-state index contributed by atoms with van der Waals surface area (Å²) in [5.74, 6) is 0.796. The minimum absolute atomic E-state index is 0.190. The normalized spacial score (nSPS) is 13.0. The Kier molecular flexibility index (Phi) is 6.26. The first kappa shape index (κ1) is 19.8. The Morgan fingerprint density at radius 1 is 1.18 bits per heavy atom. The lowest BCUT2D eigenvalue weighted by Gasteiger charge is -2.14. The van der Waals surface area contributed by atoms with Crippen LogP contribution in [0.5, 0.6) is 17.2 Å². The second-order valence-electron chi connectivity index (χ2n) is 6.24. The minimum Gasteiger partial charge on any atom is -0.482 e. The lowest BCUT2D eigenvalue weighted by Crippen LogP contribution is -2.36. The van der Waals surface area contributed by atoms with E-state index in [-0.39, 0.29) is 19.9 Å². The first-order valence-electron chi connectivity index (χ1n) is 8.67. The van der Waals surface area contributed by atoms with Gasteiger partial charge in [-0.05, 0) is 55.3 Å². The second kappa shape index (κ2) is 8.84. The highest BCUT2D eigenvalue weighted by atomic mass is 35.5. The van der Waals surface area contributed by atoms with Gasteiger partial charge in [0.1, 0.15) is 5.75 Å². The van der Waals surface area contributed by atoms with Crippen LogP contribution in [-0.2, 0) is 20.9 Å². The van der Waals surface area contributed by atoms with Crippen LogP contribution in [0, 0.1) is 6.92 Å². The molecule has 0 bridgehead atoms.